The Labute approximate surface area is 112 Å². The third kappa shape index (κ3) is 2.46. The van der Waals surface area contributed by atoms with Gasteiger partial charge < -0.3 is 10.6 Å². The highest BCUT2D eigenvalue weighted by atomic mass is 16.1. The number of aromatic nitrogens is 2. The van der Waals surface area contributed by atoms with Gasteiger partial charge in [-0.3, -0.25) is 9.48 Å². The monoisotopic (exact) mass is 258 g/mol. The first-order chi connectivity index (χ1) is 9.24. The van der Waals surface area contributed by atoms with Gasteiger partial charge in [0.15, 0.2) is 0 Å². The van der Waals surface area contributed by atoms with Crippen LogP contribution in [0.15, 0.2) is 24.3 Å². The Morgan fingerprint density at radius 3 is 3.11 bits per heavy atom. The molecule has 0 radical (unpaired) electrons. The number of hydrogen-bond donors (Lipinski definition) is 2. The largest absolute Gasteiger partial charge is 0.355 e. The van der Waals surface area contributed by atoms with Crippen molar-refractivity contribution in [3.8, 4) is 0 Å². The van der Waals surface area contributed by atoms with Gasteiger partial charge in [-0.1, -0.05) is 18.2 Å². The molecule has 2 N–H and O–H groups in total. The van der Waals surface area contributed by atoms with Gasteiger partial charge in [0.2, 0.25) is 5.91 Å². The van der Waals surface area contributed by atoms with E-state index in [9.17, 15) is 4.79 Å². The number of nitrogens with one attached hydrogen (secondary N) is 2. The fourth-order valence-corrected chi connectivity index (χ4v) is 2.57. The van der Waals surface area contributed by atoms with Crippen molar-refractivity contribution >= 4 is 16.8 Å². The van der Waals surface area contributed by atoms with Gasteiger partial charge in [0, 0.05) is 38.0 Å². The molecule has 2 aromatic rings. The lowest BCUT2D eigenvalue weighted by Gasteiger charge is -2.23. The molecule has 1 unspecified atom stereocenters. The number of nitrogens with zero attached hydrogens (tertiary/aromatic N) is 2. The highest BCUT2D eigenvalue weighted by molar-refractivity contribution is 5.81. The first kappa shape index (κ1) is 12.2. The van der Waals surface area contributed by atoms with Gasteiger partial charge in [-0.15, -0.1) is 0 Å². The Kier molecular flexibility index (Phi) is 3.21. The van der Waals surface area contributed by atoms with Crippen LogP contribution in [0.1, 0.15) is 18.5 Å². The van der Waals surface area contributed by atoms with Crippen molar-refractivity contribution in [2.75, 3.05) is 6.54 Å². The molecular formula is C14H18N4O. The lowest BCUT2D eigenvalue weighted by Crippen LogP contribution is -2.45. The average Bonchev–Trinajstić information content (AvgIpc) is 2.76. The highest BCUT2D eigenvalue weighted by Crippen LogP contribution is 2.17. The van der Waals surface area contributed by atoms with Crippen LogP contribution >= 0.6 is 0 Å². The summed E-state index contributed by atoms with van der Waals surface area (Å²) in [5.74, 6) is 0.154. The van der Waals surface area contributed by atoms with Crippen LogP contribution in [0.2, 0.25) is 0 Å². The molecule has 19 heavy (non-hydrogen) atoms. The fraction of sp³-hybridized carbons (Fsp3) is 0.429. The number of hydrogen-bond acceptors (Lipinski definition) is 3. The Balaban J connectivity index is 1.70. The predicted octanol–water partition coefficient (Wildman–Crippen LogP) is 0.942. The second kappa shape index (κ2) is 5.01. The molecule has 0 spiro atoms. The minimum atomic E-state index is 0.154. The molecule has 1 aliphatic heterocycles. The molecule has 1 atom stereocenters. The lowest BCUT2D eigenvalue weighted by molar-refractivity contribution is -0.122. The molecule has 1 aromatic heterocycles. The maximum atomic E-state index is 11.1. The van der Waals surface area contributed by atoms with Crippen LogP contribution < -0.4 is 10.6 Å². The molecule has 2 heterocycles. The van der Waals surface area contributed by atoms with Crippen molar-refractivity contribution in [2.24, 2.45) is 7.05 Å². The Morgan fingerprint density at radius 2 is 2.32 bits per heavy atom. The Morgan fingerprint density at radius 1 is 1.47 bits per heavy atom. The van der Waals surface area contributed by atoms with E-state index in [4.69, 9.17) is 0 Å². The number of carbonyl (C=O) groups excluding carboxylic acids is 1. The summed E-state index contributed by atoms with van der Waals surface area (Å²) < 4.78 is 1.91. The number of benzene rings is 1. The predicted molar refractivity (Wildman–Crippen MR) is 73.6 cm³/mol. The van der Waals surface area contributed by atoms with Crippen molar-refractivity contribution in [1.82, 2.24) is 20.4 Å². The van der Waals surface area contributed by atoms with Gasteiger partial charge in [-0.25, -0.2) is 0 Å². The van der Waals surface area contributed by atoms with E-state index in [-0.39, 0.29) is 5.91 Å². The van der Waals surface area contributed by atoms with E-state index in [1.165, 1.54) is 5.39 Å². The maximum absolute atomic E-state index is 11.1. The van der Waals surface area contributed by atoms with Gasteiger partial charge in [-0.05, 0) is 12.5 Å². The van der Waals surface area contributed by atoms with Crippen LogP contribution in [-0.2, 0) is 18.4 Å². The zero-order valence-electron chi connectivity index (χ0n) is 11.0. The molecule has 1 amide bonds. The van der Waals surface area contributed by atoms with Crippen LogP contribution in [0.25, 0.3) is 10.9 Å². The molecule has 1 aliphatic rings. The second-order valence-corrected chi connectivity index (χ2v) is 5.01. The number of aryl methyl sites for hydroxylation is 1. The smallest absolute Gasteiger partial charge is 0.220 e. The molecule has 3 rings (SSSR count). The van der Waals surface area contributed by atoms with Gasteiger partial charge >= 0.3 is 0 Å². The number of carbonyl (C=O) groups is 1. The summed E-state index contributed by atoms with van der Waals surface area (Å²) in [4.78, 5) is 11.1. The maximum Gasteiger partial charge on any atom is 0.220 e. The second-order valence-electron chi connectivity index (χ2n) is 5.01. The van der Waals surface area contributed by atoms with Crippen molar-refractivity contribution in [2.45, 2.75) is 25.4 Å². The number of piperidine rings is 1. The van der Waals surface area contributed by atoms with E-state index in [2.05, 4.69) is 27.9 Å². The molecule has 1 fully saturated rings. The normalized spacial score (nSPS) is 19.6. The summed E-state index contributed by atoms with van der Waals surface area (Å²) >= 11 is 0. The molecular weight excluding hydrogens is 240 g/mol. The van der Waals surface area contributed by atoms with Crippen LogP contribution in [-0.4, -0.2) is 28.3 Å². The molecule has 5 nitrogen and oxygen atoms in total. The first-order valence-electron chi connectivity index (χ1n) is 6.65. The van der Waals surface area contributed by atoms with E-state index < -0.39 is 0 Å². The van der Waals surface area contributed by atoms with Crippen LogP contribution in [0.4, 0.5) is 0 Å². The van der Waals surface area contributed by atoms with Crippen molar-refractivity contribution in [3.05, 3.63) is 30.0 Å². The minimum absolute atomic E-state index is 0.154. The molecule has 1 aromatic carbocycles. The summed E-state index contributed by atoms with van der Waals surface area (Å²) in [6, 6.07) is 8.58. The summed E-state index contributed by atoms with van der Waals surface area (Å²) in [6.07, 6.45) is 1.51. The molecule has 0 bridgehead atoms. The van der Waals surface area contributed by atoms with E-state index in [0.29, 0.717) is 19.0 Å². The summed E-state index contributed by atoms with van der Waals surface area (Å²) in [7, 11) is 1.96. The highest BCUT2D eigenvalue weighted by Gasteiger charge is 2.18. The zero-order valence-corrected chi connectivity index (χ0v) is 11.0. The van der Waals surface area contributed by atoms with Crippen LogP contribution in [0.5, 0.6) is 0 Å². The molecule has 100 valence electrons. The van der Waals surface area contributed by atoms with Crippen LogP contribution in [0, 0.1) is 0 Å². The summed E-state index contributed by atoms with van der Waals surface area (Å²) in [5, 5.41) is 12.1. The third-order valence-corrected chi connectivity index (χ3v) is 3.66. The van der Waals surface area contributed by atoms with E-state index >= 15 is 0 Å². The average molecular weight is 258 g/mol. The Bertz CT molecular complexity index is 595. The number of fused-ring (bicyclic) bond motifs is 1. The SMILES string of the molecule is Cn1nc(CNC2CCC(=O)NC2)c2ccccc21. The quantitative estimate of drug-likeness (QED) is 0.861. The fourth-order valence-electron chi connectivity index (χ4n) is 2.57. The van der Waals surface area contributed by atoms with Crippen molar-refractivity contribution < 1.29 is 4.79 Å². The van der Waals surface area contributed by atoms with Gasteiger partial charge in [0.25, 0.3) is 0 Å². The minimum Gasteiger partial charge on any atom is -0.355 e. The molecule has 0 saturated carbocycles. The van der Waals surface area contributed by atoms with Gasteiger partial charge in [0.1, 0.15) is 0 Å². The number of rotatable bonds is 3. The summed E-state index contributed by atoms with van der Waals surface area (Å²) in [5.41, 5.74) is 2.21. The van der Waals surface area contributed by atoms with Gasteiger partial charge in [-0.2, -0.15) is 5.10 Å². The van der Waals surface area contributed by atoms with Gasteiger partial charge in [0.05, 0.1) is 11.2 Å². The molecule has 0 aliphatic carbocycles. The number of para-hydroxylation sites is 1. The van der Waals surface area contributed by atoms with E-state index in [1.807, 2.05) is 23.9 Å². The van der Waals surface area contributed by atoms with E-state index in [1.54, 1.807) is 0 Å². The first-order valence-corrected chi connectivity index (χ1v) is 6.65. The zero-order chi connectivity index (χ0) is 13.2. The Hall–Kier alpha value is -1.88. The molecule has 5 heteroatoms. The standard InChI is InChI=1S/C14H18N4O/c1-18-13-5-3-2-4-11(13)12(17-18)9-15-10-6-7-14(19)16-8-10/h2-5,10,15H,6-9H2,1H3,(H,16,19). The van der Waals surface area contributed by atoms with Crippen molar-refractivity contribution in [3.63, 3.8) is 0 Å². The summed E-state index contributed by atoms with van der Waals surface area (Å²) in [6.45, 7) is 1.45. The topological polar surface area (TPSA) is 59.0 Å². The van der Waals surface area contributed by atoms with E-state index in [0.717, 1.165) is 24.2 Å². The molecule has 1 saturated heterocycles. The van der Waals surface area contributed by atoms with Crippen LogP contribution in [0.3, 0.4) is 0 Å². The lowest BCUT2D eigenvalue weighted by atomic mass is 10.1. The number of amides is 1. The third-order valence-electron chi connectivity index (χ3n) is 3.66. The van der Waals surface area contributed by atoms with Crippen molar-refractivity contribution in [1.29, 1.82) is 0 Å².